The van der Waals surface area contributed by atoms with E-state index in [1.54, 1.807) is 33.7 Å². The van der Waals surface area contributed by atoms with Gasteiger partial charge in [0, 0.05) is 46.0 Å². The van der Waals surface area contributed by atoms with Crippen molar-refractivity contribution in [2.75, 3.05) is 11.9 Å². The second-order valence-electron chi connectivity index (χ2n) is 7.27. The summed E-state index contributed by atoms with van der Waals surface area (Å²) in [6, 6.07) is 1.91. The van der Waals surface area contributed by atoms with Crippen molar-refractivity contribution in [3.63, 3.8) is 0 Å². The third-order valence-electron chi connectivity index (χ3n) is 5.47. The highest BCUT2D eigenvalue weighted by molar-refractivity contribution is 5.96. The van der Waals surface area contributed by atoms with Crippen LogP contribution in [0.25, 0.3) is 0 Å². The fourth-order valence-electron chi connectivity index (χ4n) is 3.94. The normalized spacial score (nSPS) is 23.3. The highest BCUT2D eigenvalue weighted by Gasteiger charge is 2.48. The van der Waals surface area contributed by atoms with Gasteiger partial charge in [0.15, 0.2) is 0 Å². The fraction of sp³-hybridized carbons (Fsp3) is 0.556. The van der Waals surface area contributed by atoms with Crippen LogP contribution in [0.3, 0.4) is 0 Å². The van der Waals surface area contributed by atoms with Crippen molar-refractivity contribution < 1.29 is 9.59 Å². The Hall–Kier alpha value is -2.64. The quantitative estimate of drug-likeness (QED) is 0.826. The van der Waals surface area contributed by atoms with Gasteiger partial charge < -0.3 is 9.80 Å². The molecule has 1 aliphatic carbocycles. The van der Waals surface area contributed by atoms with E-state index in [-0.39, 0.29) is 29.8 Å². The lowest BCUT2D eigenvalue weighted by molar-refractivity contribution is -0.143. The summed E-state index contributed by atoms with van der Waals surface area (Å²) in [6.07, 6.45) is 8.24. The zero-order valence-corrected chi connectivity index (χ0v) is 15.4. The number of aryl methyl sites for hydroxylation is 2. The third-order valence-corrected chi connectivity index (χ3v) is 5.47. The monoisotopic (exact) mass is 356 g/mol. The van der Waals surface area contributed by atoms with E-state index in [1.807, 2.05) is 31.3 Å². The molecule has 0 radical (unpaired) electrons. The summed E-state index contributed by atoms with van der Waals surface area (Å²) in [5.41, 5.74) is 1.68. The second-order valence-corrected chi connectivity index (χ2v) is 7.27. The first kappa shape index (κ1) is 16.8. The number of carbonyl (C=O) groups excluding carboxylic acids is 2. The molecular formula is C18H24N6O2. The van der Waals surface area contributed by atoms with Crippen molar-refractivity contribution in [1.29, 1.82) is 0 Å². The smallest absolute Gasteiger partial charge is 0.232 e. The average molecular weight is 356 g/mol. The average Bonchev–Trinajstić information content (AvgIpc) is 3.22. The Balaban J connectivity index is 1.69. The third kappa shape index (κ3) is 2.79. The number of rotatable bonds is 4. The Labute approximate surface area is 152 Å². The van der Waals surface area contributed by atoms with Crippen molar-refractivity contribution in [2.45, 2.75) is 37.8 Å². The van der Waals surface area contributed by atoms with Crippen LogP contribution >= 0.6 is 0 Å². The maximum absolute atomic E-state index is 13.3. The van der Waals surface area contributed by atoms with Crippen molar-refractivity contribution in [1.82, 2.24) is 24.5 Å². The van der Waals surface area contributed by atoms with E-state index < -0.39 is 0 Å². The largest absolute Gasteiger partial charge is 0.330 e. The van der Waals surface area contributed by atoms with E-state index in [9.17, 15) is 9.59 Å². The molecule has 0 unspecified atom stereocenters. The summed E-state index contributed by atoms with van der Waals surface area (Å²) in [4.78, 5) is 29.6. The SMILES string of the molecule is CN(C(=O)[C@H]1CCC(=O)N(C2CC2)[C@@H]1c1ccnn1C)c1cnn(C)c1. The van der Waals surface area contributed by atoms with Gasteiger partial charge in [0.25, 0.3) is 0 Å². The summed E-state index contributed by atoms with van der Waals surface area (Å²) >= 11 is 0. The van der Waals surface area contributed by atoms with Crippen LogP contribution in [0.15, 0.2) is 24.7 Å². The standard InChI is InChI=1S/C18H24N6O2/c1-21-11-13(10-20-21)22(2)18(26)14-6-7-16(25)24(12-4-5-12)17(14)15-8-9-19-23(15)3/h8-12,14,17H,4-7H2,1-3H3/t14-,17-/m0/s1. The molecule has 2 aliphatic rings. The van der Waals surface area contributed by atoms with Crippen molar-refractivity contribution in [3.8, 4) is 0 Å². The highest BCUT2D eigenvalue weighted by Crippen LogP contribution is 2.44. The van der Waals surface area contributed by atoms with Gasteiger partial charge in [-0.3, -0.25) is 19.0 Å². The molecule has 1 saturated heterocycles. The molecule has 3 heterocycles. The Kier molecular flexibility index (Phi) is 4.05. The Morgan fingerprint density at radius 1 is 1.23 bits per heavy atom. The summed E-state index contributed by atoms with van der Waals surface area (Å²) in [5, 5.41) is 8.43. The molecule has 8 nitrogen and oxygen atoms in total. The highest BCUT2D eigenvalue weighted by atomic mass is 16.2. The molecule has 2 aromatic heterocycles. The topological polar surface area (TPSA) is 76.3 Å². The maximum Gasteiger partial charge on any atom is 0.232 e. The molecular weight excluding hydrogens is 332 g/mol. The molecule has 138 valence electrons. The zero-order chi connectivity index (χ0) is 18.4. The van der Waals surface area contributed by atoms with Crippen molar-refractivity contribution in [2.24, 2.45) is 20.0 Å². The summed E-state index contributed by atoms with van der Waals surface area (Å²) in [5.74, 6) is -0.122. The summed E-state index contributed by atoms with van der Waals surface area (Å²) in [6.45, 7) is 0. The van der Waals surface area contributed by atoms with Crippen LogP contribution in [0.4, 0.5) is 5.69 Å². The van der Waals surface area contributed by atoms with Gasteiger partial charge in [-0.1, -0.05) is 0 Å². The number of hydrogen-bond donors (Lipinski definition) is 0. The Morgan fingerprint density at radius 2 is 2.00 bits per heavy atom. The molecule has 1 saturated carbocycles. The van der Waals surface area contributed by atoms with Crippen LogP contribution < -0.4 is 4.90 Å². The van der Waals surface area contributed by atoms with Crippen LogP contribution in [0, 0.1) is 5.92 Å². The minimum Gasteiger partial charge on any atom is -0.330 e. The molecule has 0 spiro atoms. The molecule has 0 N–H and O–H groups in total. The first-order chi connectivity index (χ1) is 12.5. The van der Waals surface area contributed by atoms with Crippen LogP contribution in [0.5, 0.6) is 0 Å². The Bertz CT molecular complexity index is 836. The predicted octanol–water partition coefficient (Wildman–Crippen LogP) is 1.26. The van der Waals surface area contributed by atoms with Crippen molar-refractivity contribution >= 4 is 17.5 Å². The van der Waals surface area contributed by atoms with Gasteiger partial charge in [0.05, 0.1) is 29.5 Å². The fourth-order valence-corrected chi connectivity index (χ4v) is 3.94. The van der Waals surface area contributed by atoms with Gasteiger partial charge in [0.2, 0.25) is 11.8 Å². The van der Waals surface area contributed by atoms with Gasteiger partial charge >= 0.3 is 0 Å². The van der Waals surface area contributed by atoms with Gasteiger partial charge in [0.1, 0.15) is 0 Å². The first-order valence-corrected chi connectivity index (χ1v) is 9.02. The molecule has 2 atom stereocenters. The maximum atomic E-state index is 13.3. The predicted molar refractivity (Wildman–Crippen MR) is 95.2 cm³/mol. The lowest BCUT2D eigenvalue weighted by Crippen LogP contribution is -2.49. The summed E-state index contributed by atoms with van der Waals surface area (Å²) in [7, 11) is 5.47. The van der Waals surface area contributed by atoms with Crippen LogP contribution in [-0.4, -0.2) is 49.4 Å². The minimum absolute atomic E-state index is 0.0161. The van der Waals surface area contributed by atoms with Crippen LogP contribution in [0.1, 0.15) is 37.4 Å². The number of nitrogens with zero attached hydrogens (tertiary/aromatic N) is 6. The Morgan fingerprint density at radius 3 is 2.58 bits per heavy atom. The van der Waals surface area contributed by atoms with E-state index in [0.717, 1.165) is 24.2 Å². The van der Waals surface area contributed by atoms with E-state index in [0.29, 0.717) is 12.8 Å². The molecule has 4 rings (SSSR count). The number of amides is 2. The lowest BCUT2D eigenvalue weighted by atomic mass is 9.85. The lowest BCUT2D eigenvalue weighted by Gasteiger charge is -2.41. The summed E-state index contributed by atoms with van der Waals surface area (Å²) < 4.78 is 3.46. The van der Waals surface area contributed by atoms with E-state index >= 15 is 0 Å². The molecule has 2 aromatic rings. The molecule has 1 aliphatic heterocycles. The van der Waals surface area contributed by atoms with E-state index in [4.69, 9.17) is 0 Å². The van der Waals surface area contributed by atoms with Gasteiger partial charge in [-0.15, -0.1) is 0 Å². The minimum atomic E-state index is -0.283. The first-order valence-electron chi connectivity index (χ1n) is 9.02. The van der Waals surface area contributed by atoms with Gasteiger partial charge in [-0.25, -0.2) is 0 Å². The number of likely N-dealkylation sites (tertiary alicyclic amines) is 1. The molecule has 0 aromatic carbocycles. The molecule has 26 heavy (non-hydrogen) atoms. The molecule has 2 fully saturated rings. The number of aromatic nitrogens is 4. The number of anilines is 1. The number of piperidine rings is 1. The van der Waals surface area contributed by atoms with Gasteiger partial charge in [-0.2, -0.15) is 10.2 Å². The molecule has 2 amide bonds. The van der Waals surface area contributed by atoms with E-state index in [1.165, 1.54) is 0 Å². The van der Waals surface area contributed by atoms with Crippen molar-refractivity contribution in [3.05, 3.63) is 30.4 Å². The zero-order valence-electron chi connectivity index (χ0n) is 15.4. The van der Waals surface area contributed by atoms with Crippen LogP contribution in [-0.2, 0) is 23.7 Å². The van der Waals surface area contributed by atoms with Gasteiger partial charge in [-0.05, 0) is 25.3 Å². The second kappa shape index (κ2) is 6.26. The molecule has 8 heteroatoms. The van der Waals surface area contributed by atoms with Crippen LogP contribution in [0.2, 0.25) is 0 Å². The molecule has 0 bridgehead atoms. The number of carbonyl (C=O) groups is 2. The van der Waals surface area contributed by atoms with E-state index in [2.05, 4.69) is 10.2 Å². The number of hydrogen-bond acceptors (Lipinski definition) is 4.